The van der Waals surface area contributed by atoms with Gasteiger partial charge >= 0.3 is 0 Å². The van der Waals surface area contributed by atoms with Crippen LogP contribution in [0.3, 0.4) is 0 Å². The number of benzene rings is 1. The monoisotopic (exact) mass is 406 g/mol. The van der Waals surface area contributed by atoms with Crippen LogP contribution >= 0.6 is 0 Å². The zero-order valence-corrected chi connectivity index (χ0v) is 17.3. The number of hydrogen-bond donors (Lipinski definition) is 0. The summed E-state index contributed by atoms with van der Waals surface area (Å²) in [5, 5.41) is 4.61. The zero-order chi connectivity index (χ0) is 21.0. The van der Waals surface area contributed by atoms with Crippen LogP contribution in [0.4, 0.5) is 4.39 Å². The summed E-state index contributed by atoms with van der Waals surface area (Å²) in [5.74, 6) is -0.566. The highest BCUT2D eigenvalue weighted by atomic mass is 19.1. The largest absolute Gasteiger partial charge is 0.306 e. The van der Waals surface area contributed by atoms with Gasteiger partial charge in [-0.05, 0) is 70.6 Å². The fourth-order valence-electron chi connectivity index (χ4n) is 4.28. The maximum Gasteiger partial charge on any atom is 0.264 e. The molecule has 1 aliphatic heterocycles. The molecule has 1 fully saturated rings. The van der Waals surface area contributed by atoms with Crippen LogP contribution < -0.4 is 5.56 Å². The minimum absolute atomic E-state index is 0.0384. The van der Waals surface area contributed by atoms with Gasteiger partial charge in [0.15, 0.2) is 5.65 Å². The van der Waals surface area contributed by atoms with Crippen LogP contribution in [0, 0.1) is 19.7 Å². The van der Waals surface area contributed by atoms with Gasteiger partial charge in [0.2, 0.25) is 0 Å². The van der Waals surface area contributed by atoms with Gasteiger partial charge in [0.1, 0.15) is 11.2 Å². The maximum absolute atomic E-state index is 15.1. The van der Waals surface area contributed by atoms with E-state index in [1.807, 2.05) is 26.1 Å². The molecule has 8 heteroatoms. The summed E-state index contributed by atoms with van der Waals surface area (Å²) >= 11 is 0. The van der Waals surface area contributed by atoms with Crippen molar-refractivity contribution in [3.63, 3.8) is 0 Å². The van der Waals surface area contributed by atoms with Crippen molar-refractivity contribution in [3.8, 4) is 11.3 Å². The topological polar surface area (TPSA) is 68.3 Å². The van der Waals surface area contributed by atoms with Gasteiger partial charge in [-0.3, -0.25) is 9.36 Å². The zero-order valence-electron chi connectivity index (χ0n) is 17.3. The molecule has 1 aliphatic rings. The van der Waals surface area contributed by atoms with Gasteiger partial charge in [0.25, 0.3) is 5.56 Å². The van der Waals surface area contributed by atoms with E-state index in [2.05, 4.69) is 27.0 Å². The molecule has 0 aliphatic carbocycles. The molecule has 0 bridgehead atoms. The van der Waals surface area contributed by atoms with E-state index in [0.29, 0.717) is 16.8 Å². The van der Waals surface area contributed by atoms with Gasteiger partial charge in [-0.15, -0.1) is 0 Å². The Hall–Kier alpha value is -3.13. The Bertz CT molecular complexity index is 1330. The van der Waals surface area contributed by atoms with Crippen LogP contribution in [-0.4, -0.2) is 49.2 Å². The molecule has 0 saturated carbocycles. The quantitative estimate of drug-likeness (QED) is 0.512. The first kappa shape index (κ1) is 18.9. The van der Waals surface area contributed by atoms with E-state index in [-0.39, 0.29) is 17.0 Å². The molecule has 0 atom stereocenters. The Morgan fingerprint density at radius 1 is 1.13 bits per heavy atom. The van der Waals surface area contributed by atoms with Crippen LogP contribution in [0.2, 0.25) is 0 Å². The Morgan fingerprint density at radius 2 is 1.90 bits per heavy atom. The third-order valence-electron chi connectivity index (χ3n) is 5.95. The van der Waals surface area contributed by atoms with Crippen molar-refractivity contribution in [2.45, 2.75) is 32.7 Å². The number of halogens is 1. The molecule has 0 amide bonds. The SMILES string of the molecule is Cc1cn2nc(-c3cc(F)c4c(=O)n(C5CCN(C)CC5)cnc4c3)cc(C)c2n1. The average Bonchev–Trinajstić information content (AvgIpc) is 3.09. The summed E-state index contributed by atoms with van der Waals surface area (Å²) in [4.78, 5) is 24.2. The van der Waals surface area contributed by atoms with E-state index >= 15 is 4.39 Å². The number of aromatic nitrogens is 5. The third kappa shape index (κ3) is 3.08. The molecule has 0 unspecified atom stereocenters. The first-order valence-electron chi connectivity index (χ1n) is 10.1. The Morgan fingerprint density at radius 3 is 2.67 bits per heavy atom. The van der Waals surface area contributed by atoms with Crippen molar-refractivity contribution in [2.24, 2.45) is 0 Å². The maximum atomic E-state index is 15.1. The summed E-state index contributed by atoms with van der Waals surface area (Å²) in [7, 11) is 2.07. The second-order valence-corrected chi connectivity index (χ2v) is 8.21. The number of imidazole rings is 1. The van der Waals surface area contributed by atoms with Gasteiger partial charge in [-0.1, -0.05) is 0 Å². The van der Waals surface area contributed by atoms with Gasteiger partial charge < -0.3 is 4.90 Å². The summed E-state index contributed by atoms with van der Waals surface area (Å²) in [6.45, 7) is 5.68. The first-order valence-corrected chi connectivity index (χ1v) is 10.1. The molecular weight excluding hydrogens is 383 g/mol. The summed E-state index contributed by atoms with van der Waals surface area (Å²) in [5.41, 5.74) is 3.81. The minimum Gasteiger partial charge on any atom is -0.306 e. The number of hydrogen-bond acceptors (Lipinski definition) is 5. The Kier molecular flexibility index (Phi) is 4.39. The first-order chi connectivity index (χ1) is 14.4. The molecule has 4 aromatic rings. The van der Waals surface area contributed by atoms with Crippen molar-refractivity contribution < 1.29 is 4.39 Å². The van der Waals surface area contributed by atoms with Crippen LogP contribution in [-0.2, 0) is 0 Å². The molecule has 30 heavy (non-hydrogen) atoms. The highest BCUT2D eigenvalue weighted by Crippen LogP contribution is 2.26. The molecule has 0 spiro atoms. The summed E-state index contributed by atoms with van der Waals surface area (Å²) in [6.07, 6.45) is 5.11. The van der Waals surface area contributed by atoms with E-state index in [4.69, 9.17) is 0 Å². The molecule has 0 N–H and O–H groups in total. The van der Waals surface area contributed by atoms with E-state index in [1.165, 1.54) is 6.07 Å². The molecular formula is C22H23FN6O. The Labute approximate surface area is 172 Å². The van der Waals surface area contributed by atoms with E-state index in [9.17, 15) is 4.79 Å². The molecule has 0 radical (unpaired) electrons. The number of likely N-dealkylation sites (tertiary alicyclic amines) is 1. The molecule has 4 heterocycles. The summed E-state index contributed by atoms with van der Waals surface area (Å²) in [6, 6.07) is 5.04. The molecule has 5 rings (SSSR count). The second kappa shape index (κ2) is 6.98. The number of nitrogens with zero attached hydrogens (tertiary/aromatic N) is 6. The predicted molar refractivity (Wildman–Crippen MR) is 113 cm³/mol. The van der Waals surface area contributed by atoms with Crippen LogP contribution in [0.15, 0.2) is 35.5 Å². The van der Waals surface area contributed by atoms with Crippen LogP contribution in [0.1, 0.15) is 30.1 Å². The standard InChI is InChI=1S/C22H23FN6O/c1-13-8-18(26-29-11-14(2)25-21(13)29)15-9-17(23)20-19(10-15)24-12-28(22(20)30)16-4-6-27(3)7-5-16/h8-12,16H,4-7H2,1-3H3. The average molecular weight is 406 g/mol. The second-order valence-electron chi connectivity index (χ2n) is 8.21. The van der Waals surface area contributed by atoms with Crippen LogP contribution in [0.5, 0.6) is 0 Å². The fourth-order valence-corrected chi connectivity index (χ4v) is 4.28. The molecule has 7 nitrogen and oxygen atoms in total. The van der Waals surface area contributed by atoms with Gasteiger partial charge in [0.05, 0.1) is 29.4 Å². The van der Waals surface area contributed by atoms with Crippen molar-refractivity contribution in [1.29, 1.82) is 0 Å². The smallest absolute Gasteiger partial charge is 0.264 e. The lowest BCUT2D eigenvalue weighted by Gasteiger charge is -2.30. The van der Waals surface area contributed by atoms with Crippen molar-refractivity contribution >= 4 is 16.6 Å². The number of fused-ring (bicyclic) bond motifs is 2. The highest BCUT2D eigenvalue weighted by molar-refractivity contribution is 5.83. The normalized spacial score (nSPS) is 16.0. The number of rotatable bonds is 2. The van der Waals surface area contributed by atoms with Crippen molar-refractivity contribution in [1.82, 2.24) is 29.0 Å². The lowest BCUT2D eigenvalue weighted by molar-refractivity contribution is 0.218. The fraction of sp³-hybridized carbons (Fsp3) is 0.364. The van der Waals surface area contributed by atoms with Gasteiger partial charge in [-0.25, -0.2) is 18.9 Å². The Balaban J connectivity index is 1.61. The van der Waals surface area contributed by atoms with Crippen LogP contribution in [0.25, 0.3) is 27.8 Å². The number of aryl methyl sites for hydroxylation is 2. The van der Waals surface area contributed by atoms with Crippen molar-refractivity contribution in [3.05, 3.63) is 58.2 Å². The minimum atomic E-state index is -0.566. The molecule has 1 aromatic carbocycles. The molecule has 154 valence electrons. The van der Waals surface area contributed by atoms with E-state index in [1.54, 1.807) is 21.5 Å². The highest BCUT2D eigenvalue weighted by Gasteiger charge is 2.21. The lowest BCUT2D eigenvalue weighted by atomic mass is 10.0. The predicted octanol–water partition coefficient (Wildman–Crippen LogP) is 3.13. The molecule has 3 aromatic heterocycles. The van der Waals surface area contributed by atoms with E-state index < -0.39 is 5.82 Å². The van der Waals surface area contributed by atoms with Gasteiger partial charge in [0, 0.05) is 11.6 Å². The lowest BCUT2D eigenvalue weighted by Crippen LogP contribution is -2.35. The van der Waals surface area contributed by atoms with Gasteiger partial charge in [-0.2, -0.15) is 5.10 Å². The molecule has 1 saturated heterocycles. The number of piperidine rings is 1. The van der Waals surface area contributed by atoms with Crippen molar-refractivity contribution in [2.75, 3.05) is 20.1 Å². The summed E-state index contributed by atoms with van der Waals surface area (Å²) < 4.78 is 18.4. The third-order valence-corrected chi connectivity index (χ3v) is 5.95. The van der Waals surface area contributed by atoms with E-state index in [0.717, 1.165) is 42.8 Å².